The minimum absolute atomic E-state index is 0.102. The van der Waals surface area contributed by atoms with E-state index in [4.69, 9.17) is 11.6 Å². The highest BCUT2D eigenvalue weighted by molar-refractivity contribution is 6.31. The van der Waals surface area contributed by atoms with Crippen molar-refractivity contribution in [2.24, 2.45) is 0 Å². The van der Waals surface area contributed by atoms with Crippen LogP contribution in [0.5, 0.6) is 0 Å². The fourth-order valence-corrected chi connectivity index (χ4v) is 2.06. The first-order chi connectivity index (χ1) is 10.5. The Morgan fingerprint density at radius 2 is 2.27 bits per heavy atom. The van der Waals surface area contributed by atoms with E-state index in [1.165, 1.54) is 18.2 Å². The van der Waals surface area contributed by atoms with Crippen LogP contribution in [0.2, 0.25) is 5.02 Å². The lowest BCUT2D eigenvalue weighted by Crippen LogP contribution is -2.25. The summed E-state index contributed by atoms with van der Waals surface area (Å²) in [6.07, 6.45) is 2.41. The zero-order valence-corrected chi connectivity index (χ0v) is 12.7. The van der Waals surface area contributed by atoms with Gasteiger partial charge in [-0.15, -0.1) is 0 Å². The number of carbonyl (C=O) groups is 1. The molecule has 1 amide bonds. The molecule has 0 saturated carbocycles. The molecule has 1 N–H and O–H groups in total. The van der Waals surface area contributed by atoms with Gasteiger partial charge in [-0.3, -0.25) is 19.6 Å². The second kappa shape index (κ2) is 7.04. The number of hydrogen-bond acceptors (Lipinski definition) is 4. The van der Waals surface area contributed by atoms with Gasteiger partial charge >= 0.3 is 0 Å². The highest BCUT2D eigenvalue weighted by Crippen LogP contribution is 2.13. The first-order valence-corrected chi connectivity index (χ1v) is 7.07. The number of amides is 1. The number of nitrogens with zero attached hydrogens (tertiary/aromatic N) is 3. The van der Waals surface area contributed by atoms with Crippen LogP contribution in [0, 0.1) is 17.0 Å². The minimum atomic E-state index is -0.527. The summed E-state index contributed by atoms with van der Waals surface area (Å²) < 4.78 is 1.72. The summed E-state index contributed by atoms with van der Waals surface area (Å²) in [6.45, 7) is 2.89. The molecule has 0 aliphatic carbocycles. The molecular weight excluding hydrogens is 308 g/mol. The maximum atomic E-state index is 11.9. The molecule has 0 aliphatic rings. The van der Waals surface area contributed by atoms with Gasteiger partial charge in [0.1, 0.15) is 0 Å². The Morgan fingerprint density at radius 3 is 2.91 bits per heavy atom. The lowest BCUT2D eigenvalue weighted by atomic mass is 10.2. The van der Waals surface area contributed by atoms with Gasteiger partial charge in [-0.1, -0.05) is 17.7 Å². The normalized spacial score (nSPS) is 10.5. The molecule has 0 unspecified atom stereocenters. The van der Waals surface area contributed by atoms with Crippen molar-refractivity contribution in [3.8, 4) is 0 Å². The van der Waals surface area contributed by atoms with Crippen molar-refractivity contribution in [1.82, 2.24) is 15.1 Å². The molecule has 1 heterocycles. The van der Waals surface area contributed by atoms with E-state index in [0.717, 1.165) is 5.69 Å². The Kier molecular flexibility index (Phi) is 5.11. The van der Waals surface area contributed by atoms with E-state index < -0.39 is 4.92 Å². The van der Waals surface area contributed by atoms with E-state index >= 15 is 0 Å². The fourth-order valence-electron chi connectivity index (χ4n) is 1.91. The molecule has 22 heavy (non-hydrogen) atoms. The summed E-state index contributed by atoms with van der Waals surface area (Å²) in [4.78, 5) is 22.1. The average Bonchev–Trinajstić information content (AvgIpc) is 2.82. The van der Waals surface area contributed by atoms with Gasteiger partial charge in [0.05, 0.1) is 15.6 Å². The Hall–Kier alpha value is -2.41. The SMILES string of the molecule is Cc1nn(CCCNC(=O)c2cccc([N+](=O)[O-])c2)cc1Cl. The van der Waals surface area contributed by atoms with E-state index in [-0.39, 0.29) is 17.2 Å². The van der Waals surface area contributed by atoms with Crippen LogP contribution in [-0.2, 0) is 6.54 Å². The quantitative estimate of drug-likeness (QED) is 0.503. The monoisotopic (exact) mass is 322 g/mol. The molecule has 0 radical (unpaired) electrons. The van der Waals surface area contributed by atoms with Gasteiger partial charge < -0.3 is 5.32 Å². The second-order valence-electron chi connectivity index (χ2n) is 4.74. The Morgan fingerprint density at radius 1 is 1.50 bits per heavy atom. The molecule has 0 fully saturated rings. The predicted molar refractivity (Wildman–Crippen MR) is 82.0 cm³/mol. The molecule has 1 aromatic heterocycles. The topological polar surface area (TPSA) is 90.1 Å². The third-order valence-corrected chi connectivity index (χ3v) is 3.43. The molecule has 0 atom stereocenters. The summed E-state index contributed by atoms with van der Waals surface area (Å²) >= 11 is 5.90. The van der Waals surface area contributed by atoms with Crippen molar-refractivity contribution >= 4 is 23.2 Å². The molecule has 0 saturated heterocycles. The average molecular weight is 323 g/mol. The molecular formula is C14H15ClN4O3. The van der Waals surface area contributed by atoms with Gasteiger partial charge in [0.15, 0.2) is 0 Å². The third kappa shape index (κ3) is 4.05. The van der Waals surface area contributed by atoms with Crippen molar-refractivity contribution in [2.45, 2.75) is 19.9 Å². The van der Waals surface area contributed by atoms with Gasteiger partial charge in [0.2, 0.25) is 0 Å². The van der Waals surface area contributed by atoms with E-state index in [0.29, 0.717) is 24.5 Å². The number of halogens is 1. The number of aryl methyl sites for hydroxylation is 2. The smallest absolute Gasteiger partial charge is 0.270 e. The van der Waals surface area contributed by atoms with E-state index in [1.807, 2.05) is 6.92 Å². The van der Waals surface area contributed by atoms with Crippen molar-refractivity contribution < 1.29 is 9.72 Å². The van der Waals surface area contributed by atoms with Crippen LogP contribution in [0.4, 0.5) is 5.69 Å². The number of nitrogens with one attached hydrogen (secondary N) is 1. The van der Waals surface area contributed by atoms with Crippen LogP contribution in [0.1, 0.15) is 22.5 Å². The molecule has 0 aliphatic heterocycles. The number of rotatable bonds is 6. The maximum absolute atomic E-state index is 11.9. The Bertz CT molecular complexity index is 680. The standard InChI is InChI=1S/C14H15ClN4O3/c1-10-13(15)9-18(17-10)7-3-6-16-14(20)11-4-2-5-12(8-11)19(21)22/h2,4-5,8-9H,3,6-7H2,1H3,(H,16,20). The Labute approximate surface area is 132 Å². The zero-order chi connectivity index (χ0) is 16.1. The van der Waals surface area contributed by atoms with Gasteiger partial charge in [0, 0.05) is 37.0 Å². The highest BCUT2D eigenvalue weighted by atomic mass is 35.5. The first kappa shape index (κ1) is 16.0. The minimum Gasteiger partial charge on any atom is -0.352 e. The van der Waals surface area contributed by atoms with Crippen LogP contribution in [-0.4, -0.2) is 27.2 Å². The van der Waals surface area contributed by atoms with Gasteiger partial charge in [0.25, 0.3) is 11.6 Å². The number of non-ortho nitro benzene ring substituents is 1. The number of benzene rings is 1. The molecule has 0 bridgehead atoms. The maximum Gasteiger partial charge on any atom is 0.270 e. The van der Waals surface area contributed by atoms with Crippen LogP contribution < -0.4 is 5.32 Å². The lowest BCUT2D eigenvalue weighted by molar-refractivity contribution is -0.384. The molecule has 2 aromatic rings. The van der Waals surface area contributed by atoms with Gasteiger partial charge in [-0.05, 0) is 19.4 Å². The number of carbonyl (C=O) groups excluding carboxylic acids is 1. The number of hydrogen-bond donors (Lipinski definition) is 1. The molecule has 7 nitrogen and oxygen atoms in total. The van der Waals surface area contributed by atoms with Crippen molar-refractivity contribution in [2.75, 3.05) is 6.54 Å². The highest BCUT2D eigenvalue weighted by Gasteiger charge is 2.10. The number of nitro groups is 1. The Balaban J connectivity index is 1.82. The molecule has 8 heteroatoms. The van der Waals surface area contributed by atoms with Crippen LogP contribution in [0.15, 0.2) is 30.5 Å². The molecule has 1 aromatic carbocycles. The van der Waals surface area contributed by atoms with Crippen molar-refractivity contribution in [3.05, 3.63) is 56.9 Å². The van der Waals surface area contributed by atoms with Crippen LogP contribution in [0.25, 0.3) is 0 Å². The largest absolute Gasteiger partial charge is 0.352 e. The van der Waals surface area contributed by atoms with Gasteiger partial charge in [-0.25, -0.2) is 0 Å². The second-order valence-corrected chi connectivity index (χ2v) is 5.15. The summed E-state index contributed by atoms with van der Waals surface area (Å²) in [5.74, 6) is -0.335. The predicted octanol–water partition coefficient (Wildman–Crippen LogP) is 2.57. The summed E-state index contributed by atoms with van der Waals surface area (Å²) in [5, 5.41) is 18.2. The third-order valence-electron chi connectivity index (χ3n) is 3.06. The molecule has 0 spiro atoms. The molecule has 2 rings (SSSR count). The van der Waals surface area contributed by atoms with E-state index in [1.54, 1.807) is 16.9 Å². The zero-order valence-electron chi connectivity index (χ0n) is 12.0. The fraction of sp³-hybridized carbons (Fsp3) is 0.286. The summed E-state index contributed by atoms with van der Waals surface area (Å²) in [5.41, 5.74) is 0.934. The lowest BCUT2D eigenvalue weighted by Gasteiger charge is -2.05. The van der Waals surface area contributed by atoms with Crippen molar-refractivity contribution in [1.29, 1.82) is 0 Å². The van der Waals surface area contributed by atoms with Gasteiger partial charge in [-0.2, -0.15) is 5.10 Å². The van der Waals surface area contributed by atoms with Crippen molar-refractivity contribution in [3.63, 3.8) is 0 Å². The number of aromatic nitrogens is 2. The van der Waals surface area contributed by atoms with Crippen LogP contribution >= 0.6 is 11.6 Å². The van der Waals surface area contributed by atoms with E-state index in [9.17, 15) is 14.9 Å². The molecule has 116 valence electrons. The summed E-state index contributed by atoms with van der Waals surface area (Å²) in [6, 6.07) is 5.63. The summed E-state index contributed by atoms with van der Waals surface area (Å²) in [7, 11) is 0. The number of nitro benzene ring substituents is 1. The van der Waals surface area contributed by atoms with E-state index in [2.05, 4.69) is 10.4 Å². The van der Waals surface area contributed by atoms with Crippen LogP contribution in [0.3, 0.4) is 0 Å². The first-order valence-electron chi connectivity index (χ1n) is 6.69.